The van der Waals surface area contributed by atoms with Crippen molar-refractivity contribution in [3.63, 3.8) is 0 Å². The van der Waals surface area contributed by atoms with Gasteiger partial charge in [-0.05, 0) is 25.5 Å². The monoisotopic (exact) mass is 218 g/mol. The average Bonchev–Trinajstić information content (AvgIpc) is 2.63. The molecule has 15 heavy (non-hydrogen) atoms. The van der Waals surface area contributed by atoms with Crippen LogP contribution in [0.3, 0.4) is 0 Å². The van der Waals surface area contributed by atoms with E-state index in [1.54, 1.807) is 11.3 Å². The van der Waals surface area contributed by atoms with Gasteiger partial charge in [0, 0.05) is 16.8 Å². The normalized spacial score (nSPS) is 10.3. The summed E-state index contributed by atoms with van der Waals surface area (Å²) in [5.74, 6) is 0. The molecule has 0 unspecified atom stereocenters. The van der Waals surface area contributed by atoms with Crippen LogP contribution in [0.1, 0.15) is 15.4 Å². The number of nitrogens with one attached hydrogen (secondary N) is 1. The van der Waals surface area contributed by atoms with Crippen molar-refractivity contribution in [3.05, 3.63) is 45.9 Å². The van der Waals surface area contributed by atoms with Gasteiger partial charge in [0.05, 0.1) is 11.6 Å². The summed E-state index contributed by atoms with van der Waals surface area (Å²) in [6, 6.07) is 8.31. The number of aromatic nitrogens is 1. The third kappa shape index (κ3) is 2.57. The Morgan fingerprint density at radius 3 is 2.73 bits per heavy atom. The van der Waals surface area contributed by atoms with E-state index in [1.165, 1.54) is 16.1 Å². The molecule has 0 saturated carbocycles. The summed E-state index contributed by atoms with van der Waals surface area (Å²) in [7, 11) is 0. The standard InChI is InChI=1S/C12H14N2S/c1-9-5-3-4-6-12(9)14-8-11-7-13-10(2)15-11/h3-7,14H,8H2,1-2H3. The number of anilines is 1. The fourth-order valence-electron chi connectivity index (χ4n) is 1.44. The molecule has 0 aliphatic heterocycles. The van der Waals surface area contributed by atoms with Gasteiger partial charge in [0.1, 0.15) is 0 Å². The van der Waals surface area contributed by atoms with Crippen LogP contribution in [0.15, 0.2) is 30.5 Å². The number of hydrogen-bond donors (Lipinski definition) is 1. The Bertz CT molecular complexity index is 448. The molecule has 0 radical (unpaired) electrons. The van der Waals surface area contributed by atoms with E-state index in [9.17, 15) is 0 Å². The first kappa shape index (κ1) is 10.2. The lowest BCUT2D eigenvalue weighted by Gasteiger charge is -2.07. The maximum atomic E-state index is 4.23. The fourth-order valence-corrected chi connectivity index (χ4v) is 2.18. The van der Waals surface area contributed by atoms with Crippen LogP contribution in [0.2, 0.25) is 0 Å². The molecule has 3 heteroatoms. The number of aryl methyl sites for hydroxylation is 2. The zero-order chi connectivity index (χ0) is 10.7. The molecule has 0 fully saturated rings. The summed E-state index contributed by atoms with van der Waals surface area (Å²) < 4.78 is 0. The maximum absolute atomic E-state index is 4.23. The van der Waals surface area contributed by atoms with E-state index in [0.29, 0.717) is 0 Å². The van der Waals surface area contributed by atoms with E-state index >= 15 is 0 Å². The Balaban J connectivity index is 2.02. The average molecular weight is 218 g/mol. The molecule has 1 aromatic carbocycles. The zero-order valence-corrected chi connectivity index (χ0v) is 9.77. The topological polar surface area (TPSA) is 24.9 Å². The Morgan fingerprint density at radius 2 is 2.07 bits per heavy atom. The SMILES string of the molecule is Cc1ncc(CNc2ccccc2C)s1. The Hall–Kier alpha value is -1.35. The van der Waals surface area contributed by atoms with E-state index in [2.05, 4.69) is 35.4 Å². The van der Waals surface area contributed by atoms with Crippen molar-refractivity contribution < 1.29 is 0 Å². The van der Waals surface area contributed by atoms with Gasteiger partial charge in [0.15, 0.2) is 0 Å². The molecule has 0 amide bonds. The lowest BCUT2D eigenvalue weighted by molar-refractivity contribution is 1.16. The third-order valence-electron chi connectivity index (χ3n) is 2.27. The highest BCUT2D eigenvalue weighted by Gasteiger charge is 1.99. The lowest BCUT2D eigenvalue weighted by atomic mass is 10.2. The van der Waals surface area contributed by atoms with Gasteiger partial charge in [-0.2, -0.15) is 0 Å². The lowest BCUT2D eigenvalue weighted by Crippen LogP contribution is -1.98. The van der Waals surface area contributed by atoms with Crippen molar-refractivity contribution in [3.8, 4) is 0 Å². The molecule has 1 N–H and O–H groups in total. The van der Waals surface area contributed by atoms with E-state index in [0.717, 1.165) is 11.6 Å². The molecule has 0 spiro atoms. The van der Waals surface area contributed by atoms with Crippen LogP contribution in [0.5, 0.6) is 0 Å². The minimum absolute atomic E-state index is 0.858. The predicted molar refractivity (Wildman–Crippen MR) is 65.4 cm³/mol. The highest BCUT2D eigenvalue weighted by Crippen LogP contribution is 2.17. The minimum Gasteiger partial charge on any atom is -0.380 e. The second-order valence-corrected chi connectivity index (χ2v) is 4.83. The van der Waals surface area contributed by atoms with E-state index in [-0.39, 0.29) is 0 Å². The summed E-state index contributed by atoms with van der Waals surface area (Å²) in [5.41, 5.74) is 2.47. The smallest absolute Gasteiger partial charge is 0.0897 e. The van der Waals surface area contributed by atoms with Gasteiger partial charge in [-0.3, -0.25) is 0 Å². The molecule has 1 heterocycles. The summed E-state index contributed by atoms with van der Waals surface area (Å²) in [6.45, 7) is 5.00. The number of nitrogens with zero attached hydrogens (tertiary/aromatic N) is 1. The first-order valence-corrected chi connectivity index (χ1v) is 5.78. The number of benzene rings is 1. The van der Waals surface area contributed by atoms with Gasteiger partial charge in [-0.25, -0.2) is 4.98 Å². The molecule has 2 rings (SSSR count). The van der Waals surface area contributed by atoms with Gasteiger partial charge < -0.3 is 5.32 Å². The summed E-state index contributed by atoms with van der Waals surface area (Å²) in [4.78, 5) is 5.50. The van der Waals surface area contributed by atoms with Gasteiger partial charge in [-0.1, -0.05) is 18.2 Å². The first-order valence-electron chi connectivity index (χ1n) is 4.96. The van der Waals surface area contributed by atoms with Crippen molar-refractivity contribution in [2.24, 2.45) is 0 Å². The van der Waals surface area contributed by atoms with Crippen LogP contribution in [0.25, 0.3) is 0 Å². The van der Waals surface area contributed by atoms with Gasteiger partial charge in [0.2, 0.25) is 0 Å². The summed E-state index contributed by atoms with van der Waals surface area (Å²) in [6.07, 6.45) is 1.94. The zero-order valence-electron chi connectivity index (χ0n) is 8.95. The largest absolute Gasteiger partial charge is 0.380 e. The minimum atomic E-state index is 0.858. The molecule has 2 nitrogen and oxygen atoms in total. The van der Waals surface area contributed by atoms with Crippen molar-refractivity contribution in [2.45, 2.75) is 20.4 Å². The van der Waals surface area contributed by atoms with Gasteiger partial charge in [0.25, 0.3) is 0 Å². The summed E-state index contributed by atoms with van der Waals surface area (Å²) in [5, 5.41) is 4.53. The summed E-state index contributed by atoms with van der Waals surface area (Å²) >= 11 is 1.74. The Kier molecular flexibility index (Phi) is 3.02. The Labute approximate surface area is 94.0 Å². The van der Waals surface area contributed by atoms with Crippen LogP contribution in [-0.4, -0.2) is 4.98 Å². The molecular weight excluding hydrogens is 204 g/mol. The molecule has 0 aliphatic carbocycles. The molecule has 1 aromatic heterocycles. The third-order valence-corrected chi connectivity index (χ3v) is 3.18. The van der Waals surface area contributed by atoms with Crippen LogP contribution in [0, 0.1) is 13.8 Å². The van der Waals surface area contributed by atoms with E-state index < -0.39 is 0 Å². The first-order chi connectivity index (χ1) is 7.25. The van der Waals surface area contributed by atoms with Gasteiger partial charge >= 0.3 is 0 Å². The number of para-hydroxylation sites is 1. The molecule has 0 bridgehead atoms. The van der Waals surface area contributed by atoms with Crippen LogP contribution < -0.4 is 5.32 Å². The van der Waals surface area contributed by atoms with Gasteiger partial charge in [-0.15, -0.1) is 11.3 Å². The highest BCUT2D eigenvalue weighted by molar-refractivity contribution is 7.11. The second-order valence-electron chi connectivity index (χ2n) is 3.51. The van der Waals surface area contributed by atoms with Crippen molar-refractivity contribution >= 4 is 17.0 Å². The second kappa shape index (κ2) is 4.45. The molecular formula is C12H14N2S. The van der Waals surface area contributed by atoms with Crippen LogP contribution in [-0.2, 0) is 6.54 Å². The van der Waals surface area contributed by atoms with E-state index in [1.807, 2.05) is 19.2 Å². The maximum Gasteiger partial charge on any atom is 0.0897 e. The van der Waals surface area contributed by atoms with Crippen LogP contribution in [0.4, 0.5) is 5.69 Å². The predicted octanol–water partition coefficient (Wildman–Crippen LogP) is 3.37. The Morgan fingerprint density at radius 1 is 1.27 bits per heavy atom. The number of thiazole rings is 1. The number of hydrogen-bond acceptors (Lipinski definition) is 3. The number of rotatable bonds is 3. The molecule has 0 atom stereocenters. The quantitative estimate of drug-likeness (QED) is 0.854. The molecule has 0 aliphatic rings. The van der Waals surface area contributed by atoms with E-state index in [4.69, 9.17) is 0 Å². The van der Waals surface area contributed by atoms with Crippen molar-refractivity contribution in [1.82, 2.24) is 4.98 Å². The molecule has 2 aromatic rings. The highest BCUT2D eigenvalue weighted by atomic mass is 32.1. The van der Waals surface area contributed by atoms with Crippen molar-refractivity contribution in [1.29, 1.82) is 0 Å². The molecule has 0 saturated heterocycles. The van der Waals surface area contributed by atoms with Crippen LogP contribution >= 0.6 is 11.3 Å². The molecule has 78 valence electrons. The van der Waals surface area contributed by atoms with Crippen molar-refractivity contribution in [2.75, 3.05) is 5.32 Å². The fraction of sp³-hybridized carbons (Fsp3) is 0.250.